The van der Waals surface area contributed by atoms with Crippen LogP contribution in [0.1, 0.15) is 89.5 Å². The monoisotopic (exact) mass is 500 g/mol. The van der Waals surface area contributed by atoms with Gasteiger partial charge in [0.15, 0.2) is 0 Å². The van der Waals surface area contributed by atoms with Gasteiger partial charge in [-0.05, 0) is 36.6 Å². The van der Waals surface area contributed by atoms with Gasteiger partial charge in [-0.3, -0.25) is 4.55 Å². The van der Waals surface area contributed by atoms with Gasteiger partial charge in [-0.2, -0.15) is 8.42 Å². The molecule has 33 heavy (non-hydrogen) atoms. The van der Waals surface area contributed by atoms with E-state index in [0.717, 1.165) is 30.9 Å². The van der Waals surface area contributed by atoms with Crippen molar-refractivity contribution in [1.82, 2.24) is 0 Å². The Balaban J connectivity index is 0.00000544. The Morgan fingerprint density at radius 2 is 1.33 bits per heavy atom. The molecule has 0 aromatic heterocycles. The quantitative estimate of drug-likeness (QED) is 0.213. The maximum atomic E-state index is 11.6. The molecule has 0 atom stereocenters. The number of unbranched alkanes of at least 4 members (excludes halogenated alkanes) is 11. The minimum absolute atomic E-state index is 0. The molecule has 7 heteroatoms. The number of aryl methyl sites for hydroxylation is 1. The van der Waals surface area contributed by atoms with Crippen LogP contribution in [-0.2, 0) is 16.5 Å². The Bertz CT molecular complexity index is 915. The third-order valence-corrected chi connectivity index (χ3v) is 6.56. The summed E-state index contributed by atoms with van der Waals surface area (Å²) in [6, 6.07) is 10.9. The first-order valence-electron chi connectivity index (χ1n) is 12.0. The molecular weight excluding hydrogens is 463 g/mol. The molecule has 0 bridgehead atoms. The van der Waals surface area contributed by atoms with Gasteiger partial charge in [0, 0.05) is 0 Å². The average Bonchev–Trinajstić information content (AvgIpc) is 2.76. The predicted molar refractivity (Wildman–Crippen MR) is 127 cm³/mol. The van der Waals surface area contributed by atoms with E-state index in [4.69, 9.17) is 4.74 Å². The van der Waals surface area contributed by atoms with Crippen molar-refractivity contribution >= 4 is 10.1 Å². The summed E-state index contributed by atoms with van der Waals surface area (Å²) in [7, 11) is -4.55. The second kappa shape index (κ2) is 17.1. The van der Waals surface area contributed by atoms with Gasteiger partial charge in [0.2, 0.25) is 0 Å². The molecular formula is C26H37KO5S. The first-order valence-corrected chi connectivity index (χ1v) is 13.4. The Labute approximate surface area is 242 Å². The summed E-state index contributed by atoms with van der Waals surface area (Å²) in [5, 5.41) is 11.5. The van der Waals surface area contributed by atoms with Crippen LogP contribution in [0.25, 0.3) is 0 Å². The van der Waals surface area contributed by atoms with Crippen LogP contribution in [0.15, 0.2) is 47.4 Å². The summed E-state index contributed by atoms with van der Waals surface area (Å²) < 4.78 is 38.5. The van der Waals surface area contributed by atoms with Crippen LogP contribution in [0.5, 0.6) is 17.2 Å². The number of rotatable bonds is 16. The van der Waals surface area contributed by atoms with Crippen LogP contribution in [0, 0.1) is 0 Å². The summed E-state index contributed by atoms with van der Waals surface area (Å²) in [6.45, 7) is 2.25. The van der Waals surface area contributed by atoms with Crippen molar-refractivity contribution in [2.45, 2.75) is 95.3 Å². The van der Waals surface area contributed by atoms with Crippen LogP contribution in [0.2, 0.25) is 0 Å². The Morgan fingerprint density at radius 1 is 0.788 bits per heavy atom. The summed E-state index contributed by atoms with van der Waals surface area (Å²) in [6.07, 6.45) is 16.3. The van der Waals surface area contributed by atoms with Gasteiger partial charge in [0.1, 0.15) is 16.4 Å². The van der Waals surface area contributed by atoms with Crippen molar-refractivity contribution in [2.75, 3.05) is 0 Å². The summed E-state index contributed by atoms with van der Waals surface area (Å²) in [4.78, 5) is -0.509. The molecule has 0 aliphatic carbocycles. The Hall–Kier alpha value is -0.414. The molecule has 0 saturated carbocycles. The van der Waals surface area contributed by atoms with E-state index in [1.165, 1.54) is 76.3 Å². The van der Waals surface area contributed by atoms with Gasteiger partial charge in [-0.25, -0.2) is 0 Å². The first kappa shape index (κ1) is 30.6. The molecule has 0 unspecified atom stereocenters. The molecule has 0 fully saturated rings. The van der Waals surface area contributed by atoms with E-state index in [2.05, 4.69) is 6.92 Å². The van der Waals surface area contributed by atoms with E-state index < -0.39 is 20.8 Å². The Morgan fingerprint density at radius 3 is 1.91 bits per heavy atom. The molecule has 178 valence electrons. The fourth-order valence-electron chi connectivity index (χ4n) is 3.86. The number of ether oxygens (including phenoxy) is 1. The van der Waals surface area contributed by atoms with Crippen LogP contribution in [-0.4, -0.2) is 13.0 Å². The zero-order valence-electron chi connectivity index (χ0n) is 20.2. The second-order valence-corrected chi connectivity index (χ2v) is 9.82. The molecule has 0 amide bonds. The third kappa shape index (κ3) is 12.2. The predicted octanol–water partition coefficient (Wildman–Crippen LogP) is 4.05. The van der Waals surface area contributed by atoms with Crippen LogP contribution in [0.4, 0.5) is 0 Å². The minimum atomic E-state index is -4.55. The van der Waals surface area contributed by atoms with E-state index >= 15 is 0 Å². The van der Waals surface area contributed by atoms with E-state index in [1.54, 1.807) is 6.07 Å². The molecule has 2 rings (SSSR count). The van der Waals surface area contributed by atoms with Crippen molar-refractivity contribution in [3.8, 4) is 17.2 Å². The van der Waals surface area contributed by atoms with Gasteiger partial charge in [0.25, 0.3) is 10.1 Å². The van der Waals surface area contributed by atoms with Crippen LogP contribution < -0.4 is 61.2 Å². The molecule has 0 spiro atoms. The maximum absolute atomic E-state index is 11.6. The normalized spacial score (nSPS) is 11.2. The molecule has 2 aromatic carbocycles. The molecule has 1 N–H and O–H groups in total. The van der Waals surface area contributed by atoms with E-state index in [1.807, 2.05) is 18.2 Å². The maximum Gasteiger partial charge on any atom is 1.00 e. The third-order valence-electron chi connectivity index (χ3n) is 5.69. The molecule has 2 aromatic rings. The number of benzene rings is 2. The van der Waals surface area contributed by atoms with E-state index in [0.29, 0.717) is 5.75 Å². The zero-order chi connectivity index (χ0) is 23.2. The van der Waals surface area contributed by atoms with Crippen LogP contribution >= 0.6 is 0 Å². The fraction of sp³-hybridized carbons (Fsp3) is 0.538. The molecule has 5 nitrogen and oxygen atoms in total. The summed E-state index contributed by atoms with van der Waals surface area (Å²) in [5.74, 6) is -0.0110. The standard InChI is InChI=1S/C26H38O5S.K/c1-2-3-4-5-6-7-8-9-10-11-12-13-16-22-17-14-15-18-24(22)31-25-20-19-23(27)21-26(25)32(28,29)30;/h14-15,17-21,27H,2-13,16H2,1H3,(H,28,29,30);/q;+1/p-1. The Kier molecular flexibility index (Phi) is 15.9. The molecule has 0 saturated heterocycles. The molecule has 0 aliphatic heterocycles. The first-order chi connectivity index (χ1) is 15.4. The summed E-state index contributed by atoms with van der Waals surface area (Å²) >= 11 is 0. The van der Waals surface area contributed by atoms with Gasteiger partial charge >= 0.3 is 51.4 Å². The van der Waals surface area contributed by atoms with Crippen molar-refractivity contribution in [2.24, 2.45) is 0 Å². The largest absolute Gasteiger partial charge is 1.00 e. The average molecular weight is 501 g/mol. The van der Waals surface area contributed by atoms with Crippen molar-refractivity contribution in [3.63, 3.8) is 0 Å². The second-order valence-electron chi connectivity index (χ2n) is 8.43. The fourth-order valence-corrected chi connectivity index (χ4v) is 4.49. The number of para-hydroxylation sites is 1. The smallest absolute Gasteiger partial charge is 0.872 e. The van der Waals surface area contributed by atoms with E-state index in [-0.39, 0.29) is 57.1 Å². The summed E-state index contributed by atoms with van der Waals surface area (Å²) in [5.41, 5.74) is 0.979. The van der Waals surface area contributed by atoms with E-state index in [9.17, 15) is 18.1 Å². The van der Waals surface area contributed by atoms with Gasteiger partial charge in [0.05, 0.1) is 0 Å². The number of hydrogen-bond acceptors (Lipinski definition) is 4. The number of hydrogen-bond donors (Lipinski definition) is 1. The zero-order valence-corrected chi connectivity index (χ0v) is 24.2. The van der Waals surface area contributed by atoms with Crippen molar-refractivity contribution in [1.29, 1.82) is 0 Å². The van der Waals surface area contributed by atoms with Gasteiger partial charge in [-0.15, -0.1) is 5.75 Å². The van der Waals surface area contributed by atoms with Crippen molar-refractivity contribution in [3.05, 3.63) is 48.0 Å². The van der Waals surface area contributed by atoms with Crippen molar-refractivity contribution < 1.29 is 74.2 Å². The molecule has 0 heterocycles. The van der Waals surface area contributed by atoms with Crippen LogP contribution in [0.3, 0.4) is 0 Å². The van der Waals surface area contributed by atoms with Gasteiger partial charge in [-0.1, -0.05) is 102 Å². The molecule has 0 radical (unpaired) electrons. The molecule has 0 aliphatic rings. The minimum Gasteiger partial charge on any atom is -0.872 e. The topological polar surface area (TPSA) is 86.7 Å². The SMILES string of the molecule is CCCCCCCCCCCCCCc1ccccc1Oc1ccc([O-])cc1S(=O)(=O)O.[K+]. The van der Waals surface area contributed by atoms with Gasteiger partial charge < -0.3 is 9.84 Å².